The van der Waals surface area contributed by atoms with Gasteiger partial charge >= 0.3 is 5.97 Å². The number of aromatic nitrogens is 2. The Morgan fingerprint density at radius 3 is 3.00 bits per heavy atom. The third-order valence-electron chi connectivity index (χ3n) is 3.03. The van der Waals surface area contributed by atoms with E-state index in [0.29, 0.717) is 6.54 Å². The Morgan fingerprint density at radius 1 is 1.58 bits per heavy atom. The number of nitrogens with zero attached hydrogens (tertiary/aromatic N) is 3. The number of aryl methyl sites for hydroxylation is 1. The van der Waals surface area contributed by atoms with Crippen molar-refractivity contribution in [3.63, 3.8) is 0 Å². The average molecular weight is 279 g/mol. The van der Waals surface area contributed by atoms with Crippen LogP contribution in [0.4, 0.5) is 0 Å². The van der Waals surface area contributed by atoms with E-state index in [2.05, 4.69) is 21.4 Å². The Hall–Kier alpha value is -1.66. The monoisotopic (exact) mass is 279 g/mol. The lowest BCUT2D eigenvalue weighted by Crippen LogP contribution is -2.23. The summed E-state index contributed by atoms with van der Waals surface area (Å²) < 4.78 is 1.63. The Kier molecular flexibility index (Phi) is 4.34. The molecular formula is C13H17N3O2S. The molecule has 2 aromatic heterocycles. The fraction of sp³-hybridized carbons (Fsp3) is 0.385. The number of thiophene rings is 1. The highest BCUT2D eigenvalue weighted by atomic mass is 32.1. The summed E-state index contributed by atoms with van der Waals surface area (Å²) in [4.78, 5) is 14.5. The van der Waals surface area contributed by atoms with E-state index in [1.807, 2.05) is 13.1 Å². The van der Waals surface area contributed by atoms with Crippen molar-refractivity contribution in [1.82, 2.24) is 14.7 Å². The summed E-state index contributed by atoms with van der Waals surface area (Å²) in [7, 11) is 3.77. The summed E-state index contributed by atoms with van der Waals surface area (Å²) in [6.07, 6.45) is 2.39. The van der Waals surface area contributed by atoms with E-state index in [4.69, 9.17) is 5.11 Å². The molecule has 0 bridgehead atoms. The van der Waals surface area contributed by atoms with E-state index < -0.39 is 5.97 Å². The van der Waals surface area contributed by atoms with Gasteiger partial charge in [-0.25, -0.2) is 4.79 Å². The van der Waals surface area contributed by atoms with E-state index in [-0.39, 0.29) is 5.56 Å². The topological polar surface area (TPSA) is 58.4 Å². The summed E-state index contributed by atoms with van der Waals surface area (Å²) in [5, 5.41) is 15.2. The Labute approximate surface area is 116 Å². The quantitative estimate of drug-likeness (QED) is 0.877. The fourth-order valence-electron chi connectivity index (χ4n) is 1.92. The Morgan fingerprint density at radius 2 is 2.37 bits per heavy atom. The van der Waals surface area contributed by atoms with Gasteiger partial charge in [0, 0.05) is 25.0 Å². The second-order valence-corrected chi connectivity index (χ2v) is 5.53. The minimum Gasteiger partial charge on any atom is -0.478 e. The molecule has 6 heteroatoms. The smallest absolute Gasteiger partial charge is 0.339 e. The predicted molar refractivity (Wildman–Crippen MR) is 74.5 cm³/mol. The van der Waals surface area contributed by atoms with E-state index in [1.165, 1.54) is 11.1 Å². The zero-order valence-corrected chi connectivity index (χ0v) is 11.9. The van der Waals surface area contributed by atoms with Gasteiger partial charge in [-0.3, -0.25) is 4.68 Å². The maximum atomic E-state index is 11.1. The molecule has 0 aliphatic heterocycles. The van der Waals surface area contributed by atoms with Crippen LogP contribution in [0.2, 0.25) is 0 Å². The molecule has 19 heavy (non-hydrogen) atoms. The van der Waals surface area contributed by atoms with Crippen LogP contribution < -0.4 is 0 Å². The van der Waals surface area contributed by atoms with Crippen molar-refractivity contribution in [3.05, 3.63) is 39.8 Å². The van der Waals surface area contributed by atoms with Crippen LogP contribution in [0.5, 0.6) is 0 Å². The van der Waals surface area contributed by atoms with Gasteiger partial charge in [-0.1, -0.05) is 6.07 Å². The molecule has 0 aliphatic rings. The first-order chi connectivity index (χ1) is 9.08. The first-order valence-corrected chi connectivity index (χ1v) is 6.91. The molecule has 0 unspecified atom stereocenters. The van der Waals surface area contributed by atoms with Gasteiger partial charge in [-0.15, -0.1) is 11.3 Å². The molecule has 0 aliphatic carbocycles. The highest BCUT2D eigenvalue weighted by molar-refractivity contribution is 7.09. The second-order valence-electron chi connectivity index (χ2n) is 4.50. The van der Waals surface area contributed by atoms with Gasteiger partial charge in [0.15, 0.2) is 0 Å². The lowest BCUT2D eigenvalue weighted by atomic mass is 10.2. The number of hydrogen-bond acceptors (Lipinski definition) is 4. The van der Waals surface area contributed by atoms with Crippen LogP contribution in [0, 0.1) is 0 Å². The first-order valence-electron chi connectivity index (χ1n) is 6.03. The number of hydrogen-bond donors (Lipinski definition) is 1. The second kappa shape index (κ2) is 5.99. The van der Waals surface area contributed by atoms with Gasteiger partial charge in [0.05, 0.1) is 11.9 Å². The van der Waals surface area contributed by atoms with Crippen molar-refractivity contribution < 1.29 is 9.90 Å². The maximum Gasteiger partial charge on any atom is 0.339 e. The number of carbonyl (C=O) groups is 1. The van der Waals surface area contributed by atoms with Gasteiger partial charge in [0.1, 0.15) is 5.56 Å². The summed E-state index contributed by atoms with van der Waals surface area (Å²) in [6, 6.07) is 4.16. The van der Waals surface area contributed by atoms with Crippen molar-refractivity contribution in [1.29, 1.82) is 0 Å². The molecule has 0 radical (unpaired) electrons. The molecule has 0 saturated carbocycles. The molecular weight excluding hydrogens is 262 g/mol. The summed E-state index contributed by atoms with van der Waals surface area (Å²) in [5.41, 5.74) is 1.02. The number of rotatable bonds is 6. The molecule has 0 saturated heterocycles. The van der Waals surface area contributed by atoms with Crippen LogP contribution in [0.1, 0.15) is 20.9 Å². The molecule has 0 amide bonds. The standard InChI is InChI=1S/C13H17N3O2S/c1-15(6-5-10-4-3-7-19-10)9-12-11(13(17)18)8-14-16(12)2/h3-4,7-8H,5-6,9H2,1-2H3,(H,17,18). The molecule has 0 spiro atoms. The third-order valence-corrected chi connectivity index (χ3v) is 3.97. The molecule has 1 N–H and O–H groups in total. The number of aromatic carboxylic acids is 1. The molecule has 0 aromatic carbocycles. The molecule has 0 atom stereocenters. The van der Waals surface area contributed by atoms with Crippen LogP contribution in [-0.2, 0) is 20.0 Å². The van der Waals surface area contributed by atoms with Crippen LogP contribution in [-0.4, -0.2) is 39.3 Å². The van der Waals surface area contributed by atoms with Crippen LogP contribution in [0.25, 0.3) is 0 Å². The van der Waals surface area contributed by atoms with Crippen molar-refractivity contribution in [2.75, 3.05) is 13.6 Å². The summed E-state index contributed by atoms with van der Waals surface area (Å²) in [5.74, 6) is -0.922. The maximum absolute atomic E-state index is 11.1. The number of likely N-dealkylation sites (N-methyl/N-ethyl adjacent to an activating group) is 1. The van der Waals surface area contributed by atoms with E-state index >= 15 is 0 Å². The lowest BCUT2D eigenvalue weighted by Gasteiger charge is -2.16. The van der Waals surface area contributed by atoms with Crippen molar-refractivity contribution in [2.24, 2.45) is 7.05 Å². The number of carboxylic acids is 1. The molecule has 2 rings (SSSR count). The van der Waals surface area contributed by atoms with Gasteiger partial charge in [0.2, 0.25) is 0 Å². The molecule has 2 heterocycles. The van der Waals surface area contributed by atoms with Crippen molar-refractivity contribution in [3.8, 4) is 0 Å². The molecule has 5 nitrogen and oxygen atoms in total. The van der Waals surface area contributed by atoms with Crippen molar-refractivity contribution in [2.45, 2.75) is 13.0 Å². The zero-order valence-electron chi connectivity index (χ0n) is 11.0. The SMILES string of the molecule is CN(CCc1cccs1)Cc1c(C(=O)O)cnn1C. The Bertz CT molecular complexity index is 548. The largest absolute Gasteiger partial charge is 0.478 e. The molecule has 102 valence electrons. The van der Waals surface area contributed by atoms with Gasteiger partial charge < -0.3 is 10.0 Å². The Balaban J connectivity index is 1.96. The van der Waals surface area contributed by atoms with Gasteiger partial charge in [0.25, 0.3) is 0 Å². The highest BCUT2D eigenvalue weighted by Crippen LogP contribution is 2.12. The fourth-order valence-corrected chi connectivity index (χ4v) is 2.62. The van der Waals surface area contributed by atoms with E-state index in [1.54, 1.807) is 23.1 Å². The molecule has 0 fully saturated rings. The summed E-state index contributed by atoms with van der Waals surface area (Å²) >= 11 is 1.75. The zero-order chi connectivity index (χ0) is 13.8. The lowest BCUT2D eigenvalue weighted by molar-refractivity contribution is 0.0694. The van der Waals surface area contributed by atoms with Gasteiger partial charge in [-0.05, 0) is 24.9 Å². The number of carboxylic acid groups (broad SMARTS) is 1. The molecule has 2 aromatic rings. The third kappa shape index (κ3) is 3.42. The van der Waals surface area contributed by atoms with Gasteiger partial charge in [-0.2, -0.15) is 5.10 Å². The van der Waals surface area contributed by atoms with E-state index in [0.717, 1.165) is 18.7 Å². The van der Waals surface area contributed by atoms with Crippen molar-refractivity contribution >= 4 is 17.3 Å². The highest BCUT2D eigenvalue weighted by Gasteiger charge is 2.16. The minimum absolute atomic E-state index is 0.283. The first kappa shape index (κ1) is 13.8. The minimum atomic E-state index is -0.922. The van der Waals surface area contributed by atoms with Crippen LogP contribution in [0.15, 0.2) is 23.7 Å². The normalized spacial score (nSPS) is 11.1. The summed E-state index contributed by atoms with van der Waals surface area (Å²) in [6.45, 7) is 1.48. The van der Waals surface area contributed by atoms with Crippen LogP contribution in [0.3, 0.4) is 0 Å². The predicted octanol–water partition coefficient (Wildman–Crippen LogP) is 1.85. The van der Waals surface area contributed by atoms with Crippen LogP contribution >= 0.6 is 11.3 Å². The average Bonchev–Trinajstić information content (AvgIpc) is 2.98. The van der Waals surface area contributed by atoms with E-state index in [9.17, 15) is 4.79 Å².